The number of halogens is 1. The second kappa shape index (κ2) is 11.0. The van der Waals surface area contributed by atoms with Crippen LogP contribution in [0.5, 0.6) is 11.5 Å². The van der Waals surface area contributed by atoms with Gasteiger partial charge in [-0.05, 0) is 61.0 Å². The van der Waals surface area contributed by atoms with Gasteiger partial charge in [0.05, 0.1) is 23.7 Å². The molecule has 1 aromatic heterocycles. The van der Waals surface area contributed by atoms with Crippen molar-refractivity contribution in [2.45, 2.75) is 29.7 Å². The second-order valence-electron chi connectivity index (χ2n) is 10.00. The van der Waals surface area contributed by atoms with E-state index in [9.17, 15) is 24.3 Å². The zero-order valence-electron chi connectivity index (χ0n) is 22.4. The summed E-state index contributed by atoms with van der Waals surface area (Å²) >= 11 is 8.02. The van der Waals surface area contributed by atoms with Crippen molar-refractivity contribution in [2.24, 2.45) is 5.92 Å². The summed E-state index contributed by atoms with van der Waals surface area (Å²) in [5.74, 6) is -2.59. The van der Waals surface area contributed by atoms with Crippen molar-refractivity contribution in [1.82, 2.24) is 4.57 Å². The van der Waals surface area contributed by atoms with Crippen LogP contribution in [0.2, 0.25) is 5.02 Å². The zero-order chi connectivity index (χ0) is 29.7. The number of aryl methyl sites for hydroxylation is 1. The highest BCUT2D eigenvalue weighted by Crippen LogP contribution is 2.54. The fourth-order valence-electron chi connectivity index (χ4n) is 5.33. The van der Waals surface area contributed by atoms with Crippen molar-refractivity contribution >= 4 is 63.8 Å². The lowest BCUT2D eigenvalue weighted by molar-refractivity contribution is -0.122. The first-order valence-corrected chi connectivity index (χ1v) is 15.0. The zero-order valence-corrected chi connectivity index (χ0v) is 24.8. The predicted octanol–water partition coefficient (Wildman–Crippen LogP) is 5.02. The maximum Gasteiger partial charge on any atom is 0.308 e. The van der Waals surface area contributed by atoms with E-state index in [4.69, 9.17) is 16.3 Å². The van der Waals surface area contributed by atoms with E-state index in [0.717, 1.165) is 28.7 Å². The third-order valence-electron chi connectivity index (χ3n) is 7.33. The number of nitrogens with zero attached hydrogens (tertiary/aromatic N) is 2. The number of carbonyl (C=O) groups is 3. The Kier molecular flexibility index (Phi) is 7.34. The Hall–Kier alpha value is -4.06. The quantitative estimate of drug-likeness (QED) is 0.290. The summed E-state index contributed by atoms with van der Waals surface area (Å²) < 4.78 is 6.68. The standard InChI is InChI=1S/C30H24ClN3O6S2/c1-15-3-10-19(11-4-15)34-27(37)24-23(16-5-12-20(35)21(13-16)40-2)26-29(41-25(24)28(34)38)33(30(39)42-26)14-22(36)32-18-8-6-17(31)7-9-18/h3-13,23-25,35H,14H2,1-2H3,(H,32,36)/t23-,24+,25-/m0/s1. The number of phenols is 1. The van der Waals surface area contributed by atoms with Crippen molar-refractivity contribution in [1.29, 1.82) is 0 Å². The van der Waals surface area contributed by atoms with E-state index in [1.807, 2.05) is 19.1 Å². The van der Waals surface area contributed by atoms with Crippen LogP contribution in [0.3, 0.4) is 0 Å². The Bertz CT molecular complexity index is 1780. The molecule has 2 N–H and O–H groups in total. The van der Waals surface area contributed by atoms with Crippen LogP contribution in [-0.2, 0) is 20.9 Å². The first-order chi connectivity index (χ1) is 20.2. The van der Waals surface area contributed by atoms with Crippen LogP contribution in [0, 0.1) is 12.8 Å². The fraction of sp³-hybridized carbons (Fsp3) is 0.200. The summed E-state index contributed by atoms with van der Waals surface area (Å²) in [4.78, 5) is 55.6. The molecule has 4 aromatic rings. The first kappa shape index (κ1) is 28.1. The fourth-order valence-corrected chi connectivity index (χ4v) is 8.23. The molecule has 0 unspecified atom stereocenters. The number of anilines is 2. The van der Waals surface area contributed by atoms with Crippen molar-refractivity contribution < 1.29 is 24.2 Å². The molecular weight excluding hydrogens is 598 g/mol. The van der Waals surface area contributed by atoms with Gasteiger partial charge in [-0.3, -0.25) is 23.7 Å². The molecule has 6 rings (SSSR count). The number of amides is 3. The lowest BCUT2D eigenvalue weighted by Crippen LogP contribution is -2.33. The molecular formula is C30H24ClN3O6S2. The van der Waals surface area contributed by atoms with Crippen LogP contribution in [-0.4, -0.2) is 39.8 Å². The van der Waals surface area contributed by atoms with Gasteiger partial charge in [-0.15, -0.1) is 0 Å². The summed E-state index contributed by atoms with van der Waals surface area (Å²) in [6, 6.07) is 18.5. The Morgan fingerprint density at radius 3 is 2.43 bits per heavy atom. The molecule has 0 saturated carbocycles. The molecule has 3 aromatic carbocycles. The summed E-state index contributed by atoms with van der Waals surface area (Å²) in [6.07, 6.45) is 0. The minimum atomic E-state index is -0.837. The van der Waals surface area contributed by atoms with E-state index >= 15 is 0 Å². The number of carbonyl (C=O) groups excluding carboxylic acids is 3. The van der Waals surface area contributed by atoms with Gasteiger partial charge in [-0.25, -0.2) is 4.90 Å². The van der Waals surface area contributed by atoms with Gasteiger partial charge < -0.3 is 15.2 Å². The smallest absolute Gasteiger partial charge is 0.308 e. The van der Waals surface area contributed by atoms with Gasteiger partial charge in [-0.2, -0.15) is 0 Å². The molecule has 9 nitrogen and oxygen atoms in total. The number of ether oxygens (including phenoxy) is 1. The Balaban J connectivity index is 1.43. The largest absolute Gasteiger partial charge is 0.504 e. The van der Waals surface area contributed by atoms with Crippen molar-refractivity contribution in [3.63, 3.8) is 0 Å². The maximum absolute atomic E-state index is 14.0. The topological polar surface area (TPSA) is 118 Å². The molecule has 42 heavy (non-hydrogen) atoms. The van der Waals surface area contributed by atoms with E-state index < -0.39 is 28.9 Å². The van der Waals surface area contributed by atoms with Crippen LogP contribution < -0.4 is 19.8 Å². The van der Waals surface area contributed by atoms with Gasteiger partial charge in [0, 0.05) is 21.5 Å². The van der Waals surface area contributed by atoms with E-state index in [0.29, 0.717) is 31.9 Å². The first-order valence-electron chi connectivity index (χ1n) is 12.9. The molecule has 2 aliphatic rings. The van der Waals surface area contributed by atoms with Crippen LogP contribution in [0.4, 0.5) is 11.4 Å². The van der Waals surface area contributed by atoms with E-state index in [1.165, 1.54) is 22.6 Å². The van der Waals surface area contributed by atoms with E-state index in [2.05, 4.69) is 5.32 Å². The van der Waals surface area contributed by atoms with Gasteiger partial charge in [-0.1, -0.05) is 58.5 Å². The Morgan fingerprint density at radius 2 is 1.74 bits per heavy atom. The number of nitrogens with one attached hydrogen (secondary N) is 1. The van der Waals surface area contributed by atoms with Gasteiger partial charge in [0.2, 0.25) is 17.7 Å². The molecule has 0 spiro atoms. The van der Waals surface area contributed by atoms with Crippen LogP contribution in [0.1, 0.15) is 21.9 Å². The second-order valence-corrected chi connectivity index (χ2v) is 12.6. The molecule has 1 saturated heterocycles. The minimum Gasteiger partial charge on any atom is -0.504 e. The minimum absolute atomic E-state index is 0.0806. The number of phenolic OH excluding ortho intramolecular Hbond substituents is 1. The third kappa shape index (κ3) is 4.87. The van der Waals surface area contributed by atoms with Gasteiger partial charge in [0.15, 0.2) is 11.5 Å². The molecule has 0 radical (unpaired) electrons. The number of thiazole rings is 1. The van der Waals surface area contributed by atoms with Gasteiger partial charge >= 0.3 is 4.87 Å². The molecule has 3 heterocycles. The summed E-state index contributed by atoms with van der Waals surface area (Å²) in [7, 11) is 1.42. The molecule has 12 heteroatoms. The van der Waals surface area contributed by atoms with Crippen LogP contribution in [0.25, 0.3) is 0 Å². The van der Waals surface area contributed by atoms with Crippen molar-refractivity contribution in [2.75, 3.05) is 17.3 Å². The monoisotopic (exact) mass is 621 g/mol. The number of aromatic nitrogens is 1. The predicted molar refractivity (Wildman–Crippen MR) is 162 cm³/mol. The Labute approximate surface area is 253 Å². The average molecular weight is 622 g/mol. The number of hydrogen-bond donors (Lipinski definition) is 2. The molecule has 214 valence electrons. The molecule has 0 bridgehead atoms. The number of thioether (sulfide) groups is 1. The van der Waals surface area contributed by atoms with E-state index in [-0.39, 0.29) is 28.8 Å². The van der Waals surface area contributed by atoms with Gasteiger partial charge in [0.1, 0.15) is 11.8 Å². The number of fused-ring (bicyclic) bond motifs is 2. The summed E-state index contributed by atoms with van der Waals surface area (Å²) in [5, 5.41) is 13.2. The van der Waals surface area contributed by atoms with Crippen molar-refractivity contribution in [3.05, 3.63) is 97.4 Å². The molecule has 1 fully saturated rings. The number of hydrogen-bond acceptors (Lipinski definition) is 8. The molecule has 2 aliphatic heterocycles. The number of rotatable bonds is 6. The normalized spacial score (nSPS) is 19.4. The summed E-state index contributed by atoms with van der Waals surface area (Å²) in [6.45, 7) is 1.63. The maximum atomic E-state index is 14.0. The average Bonchev–Trinajstić information content (AvgIpc) is 3.41. The molecule has 3 atom stereocenters. The molecule has 0 aliphatic carbocycles. The van der Waals surface area contributed by atoms with E-state index in [1.54, 1.807) is 48.5 Å². The third-order valence-corrected chi connectivity index (χ3v) is 10.2. The lowest BCUT2D eigenvalue weighted by atomic mass is 9.83. The number of imide groups is 1. The van der Waals surface area contributed by atoms with Crippen LogP contribution >= 0.6 is 34.7 Å². The van der Waals surface area contributed by atoms with Gasteiger partial charge in [0.25, 0.3) is 0 Å². The Morgan fingerprint density at radius 1 is 1.02 bits per heavy atom. The number of aromatic hydroxyl groups is 1. The summed E-state index contributed by atoms with van der Waals surface area (Å²) in [5.41, 5.74) is 2.58. The highest BCUT2D eigenvalue weighted by molar-refractivity contribution is 8.00. The molecule has 3 amide bonds. The lowest BCUT2D eigenvalue weighted by Gasteiger charge is -2.31. The SMILES string of the molecule is COc1cc([C@@H]2c3sc(=O)n(CC(=O)Nc4ccc(Cl)cc4)c3S[C@@H]3C(=O)N(c4ccc(C)cc4)C(=O)[C@H]23)ccc1O. The highest BCUT2D eigenvalue weighted by Gasteiger charge is 2.57. The van der Waals surface area contributed by atoms with Crippen molar-refractivity contribution in [3.8, 4) is 11.5 Å². The number of methoxy groups -OCH3 is 1. The number of benzene rings is 3. The van der Waals surface area contributed by atoms with Crippen LogP contribution in [0.15, 0.2) is 76.6 Å². The highest BCUT2D eigenvalue weighted by atomic mass is 35.5.